The van der Waals surface area contributed by atoms with E-state index in [1.54, 1.807) is 0 Å². The highest BCUT2D eigenvalue weighted by Crippen LogP contribution is 2.37. The molecule has 1 aliphatic rings. The average molecular weight is 435 g/mol. The van der Waals surface area contributed by atoms with Crippen LogP contribution in [0.15, 0.2) is 64.9 Å². The number of hydrogen-bond acceptors (Lipinski definition) is 5. The molecule has 1 amide bonds. The van der Waals surface area contributed by atoms with E-state index in [9.17, 15) is 13.2 Å². The number of halogens is 1. The zero-order valence-corrected chi connectivity index (χ0v) is 16.8. The van der Waals surface area contributed by atoms with Crippen LogP contribution in [0.25, 0.3) is 0 Å². The van der Waals surface area contributed by atoms with Gasteiger partial charge in [-0.05, 0) is 23.1 Å². The van der Waals surface area contributed by atoms with E-state index in [2.05, 4.69) is 10.0 Å². The minimum absolute atomic E-state index is 0.00459. The Balaban J connectivity index is 1.73. The number of thiophene rings is 1. The quantitative estimate of drug-likeness (QED) is 0.639. The lowest BCUT2D eigenvalue weighted by Gasteiger charge is -2.21. The van der Waals surface area contributed by atoms with Crippen LogP contribution in [-0.4, -0.2) is 20.9 Å². The zero-order valence-electron chi connectivity index (χ0n) is 14.4. The van der Waals surface area contributed by atoms with E-state index in [0.717, 1.165) is 10.4 Å². The van der Waals surface area contributed by atoms with E-state index in [4.69, 9.17) is 16.3 Å². The predicted molar refractivity (Wildman–Crippen MR) is 109 cm³/mol. The zero-order chi connectivity index (χ0) is 19.7. The SMILES string of the molecule is O=C1COc2cc(S(=O)(=O)N[C@@H](c3ccccc3)c3cccs3)c(Cl)cc2N1. The van der Waals surface area contributed by atoms with Crippen LogP contribution in [0.5, 0.6) is 5.75 Å². The van der Waals surface area contributed by atoms with E-state index in [0.29, 0.717) is 5.69 Å². The first-order valence-electron chi connectivity index (χ1n) is 8.31. The summed E-state index contributed by atoms with van der Waals surface area (Å²) in [7, 11) is -3.98. The Labute approximate surface area is 171 Å². The van der Waals surface area contributed by atoms with E-state index < -0.39 is 16.1 Å². The summed E-state index contributed by atoms with van der Waals surface area (Å²) >= 11 is 7.68. The van der Waals surface area contributed by atoms with Gasteiger partial charge in [0, 0.05) is 10.9 Å². The van der Waals surface area contributed by atoms with E-state index in [1.807, 2.05) is 47.8 Å². The fraction of sp³-hybridized carbons (Fsp3) is 0.105. The Morgan fingerprint density at radius 2 is 1.93 bits per heavy atom. The summed E-state index contributed by atoms with van der Waals surface area (Å²) in [6.07, 6.45) is 0. The second kappa shape index (κ2) is 7.56. The largest absolute Gasteiger partial charge is 0.482 e. The Hall–Kier alpha value is -2.39. The van der Waals surface area contributed by atoms with Crippen LogP contribution < -0.4 is 14.8 Å². The molecule has 144 valence electrons. The maximum absolute atomic E-state index is 13.1. The Kier molecular flexibility index (Phi) is 5.11. The minimum Gasteiger partial charge on any atom is -0.482 e. The standard InChI is InChI=1S/C19H15ClN2O4S2/c20-13-9-14-15(26-11-18(23)21-14)10-17(13)28(24,25)22-19(16-7-4-8-27-16)12-5-2-1-3-6-12/h1-10,19,22H,11H2,(H,21,23)/t19-/m0/s1. The summed E-state index contributed by atoms with van der Waals surface area (Å²) in [6, 6.07) is 15.2. The van der Waals surface area contributed by atoms with Gasteiger partial charge in [0.2, 0.25) is 10.0 Å². The number of carbonyl (C=O) groups excluding carboxylic acids is 1. The van der Waals surface area contributed by atoms with Gasteiger partial charge in [-0.15, -0.1) is 11.3 Å². The summed E-state index contributed by atoms with van der Waals surface area (Å²) in [5.41, 5.74) is 1.16. The fourth-order valence-electron chi connectivity index (χ4n) is 2.90. The summed E-state index contributed by atoms with van der Waals surface area (Å²) in [5.74, 6) is -0.0594. The third-order valence-electron chi connectivity index (χ3n) is 4.19. The van der Waals surface area contributed by atoms with Crippen molar-refractivity contribution in [2.45, 2.75) is 10.9 Å². The van der Waals surface area contributed by atoms with Crippen LogP contribution in [-0.2, 0) is 14.8 Å². The van der Waals surface area contributed by atoms with Crippen LogP contribution in [0.4, 0.5) is 5.69 Å². The number of carbonyl (C=O) groups is 1. The Morgan fingerprint density at radius 3 is 2.64 bits per heavy atom. The van der Waals surface area contributed by atoms with Crippen molar-refractivity contribution in [3.63, 3.8) is 0 Å². The van der Waals surface area contributed by atoms with Crippen molar-refractivity contribution < 1.29 is 17.9 Å². The Bertz CT molecular complexity index is 1120. The topological polar surface area (TPSA) is 84.5 Å². The number of nitrogens with one attached hydrogen (secondary N) is 2. The molecule has 28 heavy (non-hydrogen) atoms. The summed E-state index contributed by atoms with van der Waals surface area (Å²) in [6.45, 7) is -0.177. The molecule has 1 aliphatic heterocycles. The number of hydrogen-bond donors (Lipinski definition) is 2. The number of fused-ring (bicyclic) bond motifs is 1. The van der Waals surface area contributed by atoms with E-state index >= 15 is 0 Å². The van der Waals surface area contributed by atoms with Gasteiger partial charge in [-0.25, -0.2) is 8.42 Å². The maximum atomic E-state index is 13.1. The molecule has 0 bridgehead atoms. The fourth-order valence-corrected chi connectivity index (χ4v) is 5.52. The average Bonchev–Trinajstić information content (AvgIpc) is 3.20. The first kappa shape index (κ1) is 18.9. The number of sulfonamides is 1. The molecule has 0 radical (unpaired) electrons. The molecular formula is C19H15ClN2O4S2. The maximum Gasteiger partial charge on any atom is 0.262 e. The molecule has 3 aromatic rings. The first-order chi connectivity index (χ1) is 13.4. The molecule has 0 fully saturated rings. The number of rotatable bonds is 5. The number of ether oxygens (including phenoxy) is 1. The highest BCUT2D eigenvalue weighted by atomic mass is 35.5. The molecule has 0 saturated heterocycles. The molecular weight excluding hydrogens is 420 g/mol. The van der Waals surface area contributed by atoms with Crippen LogP contribution in [0.1, 0.15) is 16.5 Å². The van der Waals surface area contributed by atoms with E-state index in [-0.39, 0.29) is 28.2 Å². The van der Waals surface area contributed by atoms with Gasteiger partial charge in [-0.2, -0.15) is 4.72 Å². The second-order valence-electron chi connectivity index (χ2n) is 6.10. The van der Waals surface area contributed by atoms with Crippen molar-refractivity contribution in [2.75, 3.05) is 11.9 Å². The third kappa shape index (κ3) is 3.77. The van der Waals surface area contributed by atoms with Crippen LogP contribution in [0.3, 0.4) is 0 Å². The number of amides is 1. The molecule has 4 rings (SSSR count). The molecule has 1 aromatic heterocycles. The third-order valence-corrected chi connectivity index (χ3v) is 7.01. The molecule has 6 nitrogen and oxygen atoms in total. The van der Waals surface area contributed by atoms with Crippen molar-refractivity contribution in [2.24, 2.45) is 0 Å². The van der Waals surface area contributed by atoms with Gasteiger partial charge < -0.3 is 10.1 Å². The first-order valence-corrected chi connectivity index (χ1v) is 11.0. The molecule has 0 saturated carbocycles. The lowest BCUT2D eigenvalue weighted by molar-refractivity contribution is -0.118. The monoisotopic (exact) mass is 434 g/mol. The van der Waals surface area contributed by atoms with Crippen molar-refractivity contribution in [3.8, 4) is 5.75 Å². The van der Waals surface area contributed by atoms with Crippen molar-refractivity contribution in [3.05, 3.63) is 75.4 Å². The van der Waals surface area contributed by atoms with E-state index in [1.165, 1.54) is 23.5 Å². The minimum atomic E-state index is -3.98. The van der Waals surface area contributed by atoms with Gasteiger partial charge in [0.25, 0.3) is 5.91 Å². The molecule has 2 heterocycles. The van der Waals surface area contributed by atoms with Gasteiger partial charge in [0.05, 0.1) is 16.8 Å². The molecule has 2 N–H and O–H groups in total. The van der Waals surface area contributed by atoms with Crippen molar-refractivity contribution >= 4 is 44.6 Å². The Morgan fingerprint density at radius 1 is 1.14 bits per heavy atom. The van der Waals surface area contributed by atoms with Crippen LogP contribution in [0.2, 0.25) is 5.02 Å². The summed E-state index contributed by atoms with van der Waals surface area (Å²) < 4.78 is 34.4. The van der Waals surface area contributed by atoms with Gasteiger partial charge in [-0.3, -0.25) is 4.79 Å². The van der Waals surface area contributed by atoms with Crippen molar-refractivity contribution in [1.82, 2.24) is 4.72 Å². The van der Waals surface area contributed by atoms with Crippen LogP contribution in [0, 0.1) is 0 Å². The molecule has 0 aliphatic carbocycles. The van der Waals surface area contributed by atoms with Gasteiger partial charge in [-0.1, -0.05) is 48.0 Å². The summed E-state index contributed by atoms with van der Waals surface area (Å²) in [4.78, 5) is 12.2. The lowest BCUT2D eigenvalue weighted by Crippen LogP contribution is -2.30. The van der Waals surface area contributed by atoms with Crippen LogP contribution >= 0.6 is 22.9 Å². The van der Waals surface area contributed by atoms with Gasteiger partial charge >= 0.3 is 0 Å². The smallest absolute Gasteiger partial charge is 0.262 e. The second-order valence-corrected chi connectivity index (χ2v) is 9.16. The molecule has 9 heteroatoms. The highest BCUT2D eigenvalue weighted by molar-refractivity contribution is 7.89. The molecule has 1 atom stereocenters. The predicted octanol–water partition coefficient (Wildman–Crippen LogP) is 3.80. The lowest BCUT2D eigenvalue weighted by atomic mass is 10.1. The van der Waals surface area contributed by atoms with Crippen molar-refractivity contribution in [1.29, 1.82) is 0 Å². The molecule has 2 aromatic carbocycles. The van der Waals surface area contributed by atoms with Gasteiger partial charge in [0.1, 0.15) is 10.6 Å². The summed E-state index contributed by atoms with van der Waals surface area (Å²) in [5, 5.41) is 4.49. The molecule has 0 spiro atoms. The normalized spacial score (nSPS) is 14.7. The molecule has 0 unspecified atom stereocenters. The van der Waals surface area contributed by atoms with Gasteiger partial charge in [0.15, 0.2) is 6.61 Å². The highest BCUT2D eigenvalue weighted by Gasteiger charge is 2.28. The number of benzene rings is 2. The number of anilines is 1.